The molecule has 0 unspecified atom stereocenters. The summed E-state index contributed by atoms with van der Waals surface area (Å²) >= 11 is 0. The Balaban J connectivity index is 1.90. The average molecular weight is 303 g/mol. The summed E-state index contributed by atoms with van der Waals surface area (Å²) in [5, 5.41) is 0. The molecule has 1 aliphatic carbocycles. The molecule has 0 N–H and O–H groups in total. The van der Waals surface area contributed by atoms with Crippen molar-refractivity contribution in [3.8, 4) is 5.75 Å². The van der Waals surface area contributed by atoms with Crippen LogP contribution in [-0.4, -0.2) is 38.5 Å². The highest BCUT2D eigenvalue weighted by Crippen LogP contribution is 2.37. The van der Waals surface area contributed by atoms with Crippen molar-refractivity contribution in [1.82, 2.24) is 0 Å². The van der Waals surface area contributed by atoms with Gasteiger partial charge in [0.2, 0.25) is 0 Å². The first kappa shape index (κ1) is 15.7. The summed E-state index contributed by atoms with van der Waals surface area (Å²) in [5.41, 5.74) is 1.47. The van der Waals surface area contributed by atoms with Crippen molar-refractivity contribution < 1.29 is 14.0 Å². The third kappa shape index (κ3) is 2.84. The molecule has 1 aromatic rings. The fourth-order valence-electron chi connectivity index (χ4n) is 2.53. The molecule has 1 aliphatic heterocycles. The molecule has 0 aromatic heterocycles. The Morgan fingerprint density at radius 3 is 2.18 bits per heavy atom. The Bertz CT molecular complexity index is 551. The highest BCUT2D eigenvalue weighted by molar-refractivity contribution is 6.64. The Labute approximate surface area is 133 Å². The average Bonchev–Trinajstić information content (AvgIpc) is 3.17. The van der Waals surface area contributed by atoms with Crippen molar-refractivity contribution >= 4 is 18.3 Å². The molecule has 0 amide bonds. The van der Waals surface area contributed by atoms with E-state index in [1.54, 1.807) is 0 Å². The lowest BCUT2D eigenvalue weighted by Crippen LogP contribution is -2.41. The number of hydrogen-bond donors (Lipinski definition) is 0. The molecule has 22 heavy (non-hydrogen) atoms. The number of hydrogen-bond acceptors (Lipinski definition) is 4. The van der Waals surface area contributed by atoms with Gasteiger partial charge in [0.25, 0.3) is 0 Å². The summed E-state index contributed by atoms with van der Waals surface area (Å²) < 4.78 is 18.3. The Morgan fingerprint density at radius 2 is 1.68 bits per heavy atom. The van der Waals surface area contributed by atoms with Gasteiger partial charge in [-0.25, -0.2) is 0 Å². The van der Waals surface area contributed by atoms with Gasteiger partial charge in [0, 0.05) is 31.3 Å². The zero-order valence-electron chi connectivity index (χ0n) is 14.5. The van der Waals surface area contributed by atoms with Crippen LogP contribution in [0.4, 0.5) is 5.69 Å². The van der Waals surface area contributed by atoms with E-state index in [1.807, 2.05) is 20.2 Å². The van der Waals surface area contributed by atoms with Crippen LogP contribution >= 0.6 is 0 Å². The van der Waals surface area contributed by atoms with Gasteiger partial charge in [-0.1, -0.05) is 6.07 Å². The van der Waals surface area contributed by atoms with Gasteiger partial charge in [0.1, 0.15) is 5.75 Å². The Hall–Kier alpha value is -1.20. The zero-order valence-corrected chi connectivity index (χ0v) is 14.5. The van der Waals surface area contributed by atoms with E-state index < -0.39 is 0 Å². The van der Waals surface area contributed by atoms with E-state index in [-0.39, 0.29) is 18.3 Å². The maximum atomic E-state index is 6.18. The molecule has 120 valence electrons. The van der Waals surface area contributed by atoms with E-state index in [9.17, 15) is 0 Å². The summed E-state index contributed by atoms with van der Waals surface area (Å²) in [6.45, 7) is 8.31. The minimum atomic E-state index is -0.350. The number of rotatable bonds is 4. The van der Waals surface area contributed by atoms with Crippen molar-refractivity contribution in [1.29, 1.82) is 0 Å². The van der Waals surface area contributed by atoms with Crippen LogP contribution < -0.4 is 15.1 Å². The fraction of sp³-hybridized carbons (Fsp3) is 0.647. The van der Waals surface area contributed by atoms with E-state index in [0.717, 1.165) is 29.7 Å². The predicted octanol–water partition coefficient (Wildman–Crippen LogP) is 2.59. The van der Waals surface area contributed by atoms with Crippen LogP contribution in [0, 0.1) is 0 Å². The third-order valence-electron chi connectivity index (χ3n) is 4.82. The van der Waals surface area contributed by atoms with Gasteiger partial charge in [-0.3, -0.25) is 0 Å². The molecule has 1 heterocycles. The van der Waals surface area contributed by atoms with Gasteiger partial charge in [-0.05, 0) is 46.6 Å². The van der Waals surface area contributed by atoms with E-state index in [4.69, 9.17) is 14.0 Å². The van der Waals surface area contributed by atoms with E-state index in [2.05, 4.69) is 44.7 Å². The number of benzene rings is 1. The van der Waals surface area contributed by atoms with Gasteiger partial charge in [0.05, 0.1) is 17.3 Å². The second-order valence-electron chi connectivity index (χ2n) is 7.52. The first-order valence-electron chi connectivity index (χ1n) is 8.03. The van der Waals surface area contributed by atoms with Crippen LogP contribution in [0.1, 0.15) is 40.5 Å². The van der Waals surface area contributed by atoms with Crippen LogP contribution in [-0.2, 0) is 9.31 Å². The Morgan fingerprint density at radius 1 is 1.09 bits per heavy atom. The molecule has 2 fully saturated rings. The van der Waals surface area contributed by atoms with Crippen molar-refractivity contribution in [2.75, 3.05) is 19.0 Å². The first-order valence-corrected chi connectivity index (χ1v) is 8.03. The standard InChI is InChI=1S/C17H26BNO3/c1-16(2)17(3,4)22-18(21-16)14-10-9-13(20-12-7-8-12)11-15(14)19(5)6/h9-12H,7-8H2,1-6H3. The summed E-state index contributed by atoms with van der Waals surface area (Å²) in [5.74, 6) is 0.923. The largest absolute Gasteiger partial charge is 0.496 e. The lowest BCUT2D eigenvalue weighted by molar-refractivity contribution is 0.00578. The molecule has 1 aromatic carbocycles. The molecule has 0 bridgehead atoms. The Kier molecular flexibility index (Phi) is 3.69. The molecule has 1 saturated carbocycles. The van der Waals surface area contributed by atoms with Gasteiger partial charge in [-0.2, -0.15) is 0 Å². The number of nitrogens with zero attached hydrogens (tertiary/aromatic N) is 1. The van der Waals surface area contributed by atoms with Crippen LogP contribution in [0.25, 0.3) is 0 Å². The maximum Gasteiger partial charge on any atom is 0.496 e. The summed E-state index contributed by atoms with van der Waals surface area (Å²) in [4.78, 5) is 2.08. The van der Waals surface area contributed by atoms with Crippen LogP contribution in [0.3, 0.4) is 0 Å². The predicted molar refractivity (Wildman–Crippen MR) is 90.1 cm³/mol. The molecule has 5 heteroatoms. The van der Waals surface area contributed by atoms with Crippen molar-refractivity contribution in [3.05, 3.63) is 18.2 Å². The quantitative estimate of drug-likeness (QED) is 0.800. The molecule has 0 atom stereocenters. The number of ether oxygens (including phenoxy) is 1. The summed E-state index contributed by atoms with van der Waals surface area (Å²) in [6.07, 6.45) is 2.73. The fourth-order valence-corrected chi connectivity index (χ4v) is 2.53. The first-order chi connectivity index (χ1) is 10.2. The van der Waals surface area contributed by atoms with Crippen LogP contribution in [0.15, 0.2) is 18.2 Å². The highest BCUT2D eigenvalue weighted by Gasteiger charge is 2.52. The van der Waals surface area contributed by atoms with Crippen LogP contribution in [0.5, 0.6) is 5.75 Å². The zero-order chi connectivity index (χ0) is 16.1. The molecule has 3 rings (SSSR count). The topological polar surface area (TPSA) is 30.9 Å². The van der Waals surface area contributed by atoms with Crippen molar-refractivity contribution in [2.45, 2.75) is 57.8 Å². The number of anilines is 1. The SMILES string of the molecule is CN(C)c1cc(OC2CC2)ccc1B1OC(C)(C)C(C)(C)O1. The molecule has 0 radical (unpaired) electrons. The molecule has 2 aliphatic rings. The lowest BCUT2D eigenvalue weighted by atomic mass is 9.77. The molecule has 4 nitrogen and oxygen atoms in total. The van der Waals surface area contributed by atoms with E-state index in [0.29, 0.717) is 6.10 Å². The van der Waals surface area contributed by atoms with E-state index >= 15 is 0 Å². The van der Waals surface area contributed by atoms with Crippen molar-refractivity contribution in [3.63, 3.8) is 0 Å². The molecule has 1 saturated heterocycles. The molecule has 0 spiro atoms. The minimum absolute atomic E-state index is 0.329. The molecular formula is C17H26BNO3. The second-order valence-corrected chi connectivity index (χ2v) is 7.52. The summed E-state index contributed by atoms with van der Waals surface area (Å²) in [7, 11) is 3.72. The van der Waals surface area contributed by atoms with Crippen molar-refractivity contribution in [2.24, 2.45) is 0 Å². The van der Waals surface area contributed by atoms with Gasteiger partial charge in [0.15, 0.2) is 0 Å². The van der Waals surface area contributed by atoms with Crippen LogP contribution in [0.2, 0.25) is 0 Å². The monoisotopic (exact) mass is 303 g/mol. The minimum Gasteiger partial charge on any atom is -0.490 e. The highest BCUT2D eigenvalue weighted by atomic mass is 16.7. The van der Waals surface area contributed by atoms with Gasteiger partial charge >= 0.3 is 7.12 Å². The smallest absolute Gasteiger partial charge is 0.490 e. The van der Waals surface area contributed by atoms with E-state index in [1.165, 1.54) is 0 Å². The second kappa shape index (κ2) is 5.17. The van der Waals surface area contributed by atoms with Gasteiger partial charge < -0.3 is 18.9 Å². The maximum absolute atomic E-state index is 6.18. The normalized spacial score (nSPS) is 22.7. The van der Waals surface area contributed by atoms with Gasteiger partial charge in [-0.15, -0.1) is 0 Å². The summed E-state index contributed by atoms with van der Waals surface area (Å²) in [6, 6.07) is 6.17. The third-order valence-corrected chi connectivity index (χ3v) is 4.82. The molecular weight excluding hydrogens is 277 g/mol. The lowest BCUT2D eigenvalue weighted by Gasteiger charge is -2.32.